The molecule has 1 aromatic rings. The van der Waals surface area contributed by atoms with Crippen LogP contribution in [0.15, 0.2) is 24.3 Å². The third-order valence-corrected chi connectivity index (χ3v) is 2.92. The average molecular weight is 263 g/mol. The maximum atomic E-state index is 12.4. The molecule has 0 atom stereocenters. The van der Waals surface area contributed by atoms with Crippen LogP contribution in [0.2, 0.25) is 0 Å². The maximum absolute atomic E-state index is 12.4. The topological polar surface area (TPSA) is 52.7 Å². The monoisotopic (exact) mass is 263 g/mol. The van der Waals surface area contributed by atoms with Crippen molar-refractivity contribution < 1.29 is 9.59 Å². The molecule has 0 aliphatic heterocycles. The molecule has 19 heavy (non-hydrogen) atoms. The standard InChI is InChI=1S/C14H21N3O2/c1-5-17(10-13(18)16(3)4)14(19)11-8-6-7-9-12(11)15-2/h6-9,15H,5,10H2,1-4H3. The van der Waals surface area contributed by atoms with Crippen LogP contribution in [0.3, 0.4) is 0 Å². The van der Waals surface area contributed by atoms with Crippen molar-refractivity contribution in [2.75, 3.05) is 39.5 Å². The van der Waals surface area contributed by atoms with Gasteiger partial charge in [-0.25, -0.2) is 0 Å². The first-order valence-corrected chi connectivity index (χ1v) is 6.27. The van der Waals surface area contributed by atoms with Crippen LogP contribution >= 0.6 is 0 Å². The summed E-state index contributed by atoms with van der Waals surface area (Å²) in [5.74, 6) is -0.222. The van der Waals surface area contributed by atoms with Crippen LogP contribution in [0.1, 0.15) is 17.3 Å². The van der Waals surface area contributed by atoms with Gasteiger partial charge in [0.25, 0.3) is 5.91 Å². The molecule has 0 aliphatic carbocycles. The fraction of sp³-hybridized carbons (Fsp3) is 0.429. The molecule has 0 saturated carbocycles. The van der Waals surface area contributed by atoms with E-state index in [0.717, 1.165) is 5.69 Å². The Morgan fingerprint density at radius 2 is 1.84 bits per heavy atom. The number of carbonyl (C=O) groups is 2. The van der Waals surface area contributed by atoms with Gasteiger partial charge in [-0.2, -0.15) is 0 Å². The van der Waals surface area contributed by atoms with Gasteiger partial charge in [-0.3, -0.25) is 9.59 Å². The van der Waals surface area contributed by atoms with E-state index in [-0.39, 0.29) is 18.4 Å². The first kappa shape index (κ1) is 15.0. The molecule has 0 bridgehead atoms. The zero-order valence-corrected chi connectivity index (χ0v) is 11.9. The number of likely N-dealkylation sites (N-methyl/N-ethyl adjacent to an activating group) is 2. The summed E-state index contributed by atoms with van der Waals surface area (Å²) in [5.41, 5.74) is 1.35. The number of anilines is 1. The smallest absolute Gasteiger partial charge is 0.256 e. The maximum Gasteiger partial charge on any atom is 0.256 e. The van der Waals surface area contributed by atoms with E-state index in [2.05, 4.69) is 5.32 Å². The number of rotatable bonds is 5. The number of nitrogens with one attached hydrogen (secondary N) is 1. The summed E-state index contributed by atoms with van der Waals surface area (Å²) in [7, 11) is 5.14. The van der Waals surface area contributed by atoms with E-state index < -0.39 is 0 Å². The largest absolute Gasteiger partial charge is 0.387 e. The number of carbonyl (C=O) groups excluding carboxylic acids is 2. The average Bonchev–Trinajstić information content (AvgIpc) is 2.43. The summed E-state index contributed by atoms with van der Waals surface area (Å²) in [5, 5.41) is 2.99. The Morgan fingerprint density at radius 1 is 1.21 bits per heavy atom. The normalized spacial score (nSPS) is 9.89. The number of benzene rings is 1. The van der Waals surface area contributed by atoms with Crippen molar-refractivity contribution in [1.82, 2.24) is 9.80 Å². The lowest BCUT2D eigenvalue weighted by atomic mass is 10.1. The SMILES string of the molecule is CCN(CC(=O)N(C)C)C(=O)c1ccccc1NC. The zero-order valence-electron chi connectivity index (χ0n) is 11.9. The zero-order chi connectivity index (χ0) is 14.4. The second-order valence-corrected chi connectivity index (χ2v) is 4.40. The Morgan fingerprint density at radius 3 is 2.37 bits per heavy atom. The van der Waals surface area contributed by atoms with Crippen LogP contribution in [-0.2, 0) is 4.79 Å². The van der Waals surface area contributed by atoms with Crippen molar-refractivity contribution in [3.8, 4) is 0 Å². The van der Waals surface area contributed by atoms with Gasteiger partial charge in [0.15, 0.2) is 0 Å². The summed E-state index contributed by atoms with van der Waals surface area (Å²) < 4.78 is 0. The quantitative estimate of drug-likeness (QED) is 0.870. The third kappa shape index (κ3) is 3.71. The molecule has 1 rings (SSSR count). The van der Waals surface area contributed by atoms with Crippen LogP contribution in [0.25, 0.3) is 0 Å². The van der Waals surface area contributed by atoms with Crippen molar-refractivity contribution in [3.63, 3.8) is 0 Å². The third-order valence-electron chi connectivity index (χ3n) is 2.92. The van der Waals surface area contributed by atoms with Gasteiger partial charge >= 0.3 is 0 Å². The van der Waals surface area contributed by atoms with Crippen LogP contribution in [0.4, 0.5) is 5.69 Å². The predicted molar refractivity (Wildman–Crippen MR) is 76.3 cm³/mol. The number of nitrogens with zero attached hydrogens (tertiary/aromatic N) is 2. The number of hydrogen-bond donors (Lipinski definition) is 1. The molecule has 5 nitrogen and oxygen atoms in total. The van der Waals surface area contributed by atoms with E-state index in [1.807, 2.05) is 25.1 Å². The lowest BCUT2D eigenvalue weighted by Crippen LogP contribution is -2.40. The molecule has 0 spiro atoms. The highest BCUT2D eigenvalue weighted by Gasteiger charge is 2.20. The summed E-state index contributed by atoms with van der Waals surface area (Å²) in [6.45, 7) is 2.46. The van der Waals surface area contributed by atoms with Gasteiger partial charge in [0.2, 0.25) is 5.91 Å². The molecule has 0 heterocycles. The molecule has 0 fully saturated rings. The number of amides is 2. The molecule has 5 heteroatoms. The Bertz CT molecular complexity index is 458. The van der Waals surface area contributed by atoms with Gasteiger partial charge in [-0.1, -0.05) is 12.1 Å². The van der Waals surface area contributed by atoms with Crippen LogP contribution in [0.5, 0.6) is 0 Å². The van der Waals surface area contributed by atoms with E-state index in [1.54, 1.807) is 32.1 Å². The molecular weight excluding hydrogens is 242 g/mol. The van der Waals surface area contributed by atoms with Crippen molar-refractivity contribution >= 4 is 17.5 Å². The number of para-hydroxylation sites is 1. The molecule has 1 N–H and O–H groups in total. The highest BCUT2D eigenvalue weighted by atomic mass is 16.2. The van der Waals surface area contributed by atoms with Crippen molar-refractivity contribution in [2.45, 2.75) is 6.92 Å². The molecule has 0 aromatic heterocycles. The number of hydrogen-bond acceptors (Lipinski definition) is 3. The highest BCUT2D eigenvalue weighted by Crippen LogP contribution is 2.16. The van der Waals surface area contributed by atoms with Gasteiger partial charge < -0.3 is 15.1 Å². The predicted octanol–water partition coefficient (Wildman–Crippen LogP) is 1.28. The van der Waals surface area contributed by atoms with Gasteiger partial charge in [0.05, 0.1) is 12.1 Å². The molecule has 0 saturated heterocycles. The van der Waals surface area contributed by atoms with Gasteiger partial charge in [0.1, 0.15) is 0 Å². The summed E-state index contributed by atoms with van der Waals surface area (Å²) in [4.78, 5) is 27.2. The second kappa shape index (κ2) is 6.78. The lowest BCUT2D eigenvalue weighted by molar-refractivity contribution is -0.129. The minimum Gasteiger partial charge on any atom is -0.387 e. The van der Waals surface area contributed by atoms with Crippen LogP contribution < -0.4 is 5.32 Å². The Labute approximate surface area is 114 Å². The molecular formula is C14H21N3O2. The first-order chi connectivity index (χ1) is 9.01. The van der Waals surface area contributed by atoms with Crippen molar-refractivity contribution in [3.05, 3.63) is 29.8 Å². The van der Waals surface area contributed by atoms with E-state index in [0.29, 0.717) is 12.1 Å². The minimum absolute atomic E-state index is 0.0860. The molecule has 104 valence electrons. The van der Waals surface area contributed by atoms with E-state index in [4.69, 9.17) is 0 Å². The van der Waals surface area contributed by atoms with Gasteiger partial charge in [0, 0.05) is 33.4 Å². The molecule has 0 aliphatic rings. The van der Waals surface area contributed by atoms with Crippen LogP contribution in [-0.4, -0.2) is 55.8 Å². The molecule has 0 unspecified atom stereocenters. The van der Waals surface area contributed by atoms with Gasteiger partial charge in [-0.15, -0.1) is 0 Å². The Hall–Kier alpha value is -2.04. The summed E-state index contributed by atoms with van der Waals surface area (Å²) in [6.07, 6.45) is 0. The molecule has 2 amide bonds. The fourth-order valence-electron chi connectivity index (χ4n) is 1.69. The second-order valence-electron chi connectivity index (χ2n) is 4.40. The van der Waals surface area contributed by atoms with E-state index >= 15 is 0 Å². The van der Waals surface area contributed by atoms with Crippen LogP contribution in [0, 0.1) is 0 Å². The van der Waals surface area contributed by atoms with Gasteiger partial charge in [-0.05, 0) is 19.1 Å². The fourth-order valence-corrected chi connectivity index (χ4v) is 1.69. The molecule has 0 radical (unpaired) electrons. The van der Waals surface area contributed by atoms with Crippen molar-refractivity contribution in [2.24, 2.45) is 0 Å². The van der Waals surface area contributed by atoms with E-state index in [1.165, 1.54) is 4.90 Å². The summed E-state index contributed by atoms with van der Waals surface area (Å²) in [6, 6.07) is 7.28. The Balaban J connectivity index is 2.92. The first-order valence-electron chi connectivity index (χ1n) is 6.27. The Kier molecular flexibility index (Phi) is 5.36. The minimum atomic E-state index is -0.136. The highest BCUT2D eigenvalue weighted by molar-refractivity contribution is 6.01. The molecule has 1 aromatic carbocycles. The summed E-state index contributed by atoms with van der Waals surface area (Å²) >= 11 is 0. The lowest BCUT2D eigenvalue weighted by Gasteiger charge is -2.23. The van der Waals surface area contributed by atoms with E-state index in [9.17, 15) is 9.59 Å². The van der Waals surface area contributed by atoms with Crippen molar-refractivity contribution in [1.29, 1.82) is 0 Å².